The van der Waals surface area contributed by atoms with Crippen LogP contribution in [-0.2, 0) is 0 Å². The predicted molar refractivity (Wildman–Crippen MR) is 71.4 cm³/mol. The van der Waals surface area contributed by atoms with Gasteiger partial charge in [0.05, 0.1) is 0 Å². The molecule has 2 unspecified atom stereocenters. The van der Waals surface area contributed by atoms with E-state index in [1.807, 2.05) is 0 Å². The minimum atomic E-state index is -0.164. The third-order valence-corrected chi connectivity index (χ3v) is 3.81. The molecule has 2 saturated heterocycles. The van der Waals surface area contributed by atoms with Crippen LogP contribution in [0, 0.1) is 0 Å². The van der Waals surface area contributed by atoms with Crippen molar-refractivity contribution in [2.24, 2.45) is 0 Å². The fourth-order valence-corrected chi connectivity index (χ4v) is 3.01. The molecule has 0 radical (unpaired) electrons. The number of nitrogens with one attached hydrogen (secondary N) is 2. The first kappa shape index (κ1) is 13.7. The minimum absolute atomic E-state index is 0. The SMILES string of the molecule is Cl.O=C(NC1CC2CCC(C1)N2)c1ccc(Cl)o1. The Morgan fingerprint density at radius 1 is 1.33 bits per heavy atom. The molecule has 2 atom stereocenters. The van der Waals surface area contributed by atoms with E-state index < -0.39 is 0 Å². The number of hydrogen-bond acceptors (Lipinski definition) is 3. The number of carbonyl (C=O) groups excluding carboxylic acids is 1. The third-order valence-electron chi connectivity index (χ3n) is 3.61. The second-order valence-corrected chi connectivity index (χ2v) is 5.26. The molecular weight excluding hydrogens is 275 g/mol. The quantitative estimate of drug-likeness (QED) is 0.879. The normalized spacial score (nSPS) is 29.7. The molecule has 0 spiro atoms. The first-order valence-electron chi connectivity index (χ1n) is 6.03. The Labute approximate surface area is 117 Å². The largest absolute Gasteiger partial charge is 0.440 e. The monoisotopic (exact) mass is 290 g/mol. The highest BCUT2D eigenvalue weighted by atomic mass is 35.5. The zero-order chi connectivity index (χ0) is 11.8. The molecule has 4 nitrogen and oxygen atoms in total. The highest BCUT2D eigenvalue weighted by molar-refractivity contribution is 6.29. The third kappa shape index (κ3) is 2.82. The number of amides is 1. The Bertz CT molecular complexity index is 423. The van der Waals surface area contributed by atoms with Crippen molar-refractivity contribution >= 4 is 29.9 Å². The van der Waals surface area contributed by atoms with Crippen LogP contribution in [0.5, 0.6) is 0 Å². The lowest BCUT2D eigenvalue weighted by Crippen LogP contribution is -2.47. The van der Waals surface area contributed by atoms with Crippen molar-refractivity contribution in [1.82, 2.24) is 10.6 Å². The van der Waals surface area contributed by atoms with Gasteiger partial charge < -0.3 is 15.1 Å². The molecule has 2 N–H and O–H groups in total. The van der Waals surface area contributed by atoms with Crippen LogP contribution in [0.15, 0.2) is 16.5 Å². The molecule has 2 fully saturated rings. The van der Waals surface area contributed by atoms with E-state index >= 15 is 0 Å². The zero-order valence-corrected chi connectivity index (χ0v) is 11.4. The van der Waals surface area contributed by atoms with Crippen molar-refractivity contribution in [1.29, 1.82) is 0 Å². The van der Waals surface area contributed by atoms with Crippen molar-refractivity contribution in [3.63, 3.8) is 0 Å². The summed E-state index contributed by atoms with van der Waals surface area (Å²) in [5.41, 5.74) is 0. The fraction of sp³-hybridized carbons (Fsp3) is 0.583. The number of furan rings is 1. The summed E-state index contributed by atoms with van der Waals surface area (Å²) < 4.78 is 5.09. The summed E-state index contributed by atoms with van der Waals surface area (Å²) in [5.74, 6) is 0.129. The first-order chi connectivity index (χ1) is 8.20. The Balaban J connectivity index is 0.00000120. The van der Waals surface area contributed by atoms with Crippen LogP contribution in [0.4, 0.5) is 0 Å². The molecule has 3 heterocycles. The fourth-order valence-electron chi connectivity index (χ4n) is 2.87. The van der Waals surface area contributed by atoms with E-state index in [0.29, 0.717) is 17.8 Å². The van der Waals surface area contributed by atoms with Gasteiger partial charge in [0, 0.05) is 18.1 Å². The van der Waals surface area contributed by atoms with Gasteiger partial charge in [0.25, 0.3) is 5.91 Å². The van der Waals surface area contributed by atoms with Gasteiger partial charge in [-0.05, 0) is 49.4 Å². The number of hydrogen-bond donors (Lipinski definition) is 2. The van der Waals surface area contributed by atoms with Crippen LogP contribution in [0.3, 0.4) is 0 Å². The van der Waals surface area contributed by atoms with E-state index in [-0.39, 0.29) is 29.6 Å². The van der Waals surface area contributed by atoms with Crippen molar-refractivity contribution in [2.45, 2.75) is 43.8 Å². The van der Waals surface area contributed by atoms with Gasteiger partial charge in [0.1, 0.15) is 0 Å². The summed E-state index contributed by atoms with van der Waals surface area (Å²) in [4.78, 5) is 11.9. The van der Waals surface area contributed by atoms with Gasteiger partial charge in [-0.15, -0.1) is 12.4 Å². The number of fused-ring (bicyclic) bond motifs is 2. The summed E-state index contributed by atoms with van der Waals surface area (Å²) >= 11 is 5.65. The van der Waals surface area contributed by atoms with Crippen LogP contribution in [-0.4, -0.2) is 24.0 Å². The van der Waals surface area contributed by atoms with E-state index in [0.717, 1.165) is 12.8 Å². The lowest BCUT2D eigenvalue weighted by atomic mass is 10.00. The summed E-state index contributed by atoms with van der Waals surface area (Å²) in [6, 6.07) is 4.58. The number of piperidine rings is 1. The smallest absolute Gasteiger partial charge is 0.287 e. The minimum Gasteiger partial charge on any atom is -0.440 e. The zero-order valence-electron chi connectivity index (χ0n) is 9.82. The molecule has 6 heteroatoms. The van der Waals surface area contributed by atoms with E-state index in [1.54, 1.807) is 12.1 Å². The lowest BCUT2D eigenvalue weighted by Gasteiger charge is -2.29. The van der Waals surface area contributed by atoms with Crippen molar-refractivity contribution in [3.8, 4) is 0 Å². The number of rotatable bonds is 2. The van der Waals surface area contributed by atoms with Crippen molar-refractivity contribution in [3.05, 3.63) is 23.1 Å². The van der Waals surface area contributed by atoms with Crippen LogP contribution in [0.25, 0.3) is 0 Å². The summed E-state index contributed by atoms with van der Waals surface area (Å²) in [6.07, 6.45) is 4.47. The van der Waals surface area contributed by atoms with E-state index in [1.165, 1.54) is 12.8 Å². The lowest BCUT2D eigenvalue weighted by molar-refractivity contribution is 0.0896. The van der Waals surface area contributed by atoms with Gasteiger partial charge >= 0.3 is 0 Å². The average molecular weight is 291 g/mol. The van der Waals surface area contributed by atoms with Crippen LogP contribution < -0.4 is 10.6 Å². The molecule has 0 aromatic carbocycles. The highest BCUT2D eigenvalue weighted by Gasteiger charge is 2.34. The molecule has 0 aliphatic carbocycles. The molecule has 1 aromatic heterocycles. The second-order valence-electron chi connectivity index (χ2n) is 4.88. The van der Waals surface area contributed by atoms with Crippen molar-refractivity contribution < 1.29 is 9.21 Å². The maximum Gasteiger partial charge on any atom is 0.287 e. The Morgan fingerprint density at radius 2 is 2.00 bits per heavy atom. The molecule has 18 heavy (non-hydrogen) atoms. The molecule has 1 amide bonds. The molecule has 2 aliphatic heterocycles. The molecule has 3 rings (SSSR count). The van der Waals surface area contributed by atoms with Gasteiger partial charge in [0.2, 0.25) is 0 Å². The number of halogens is 2. The maximum atomic E-state index is 11.9. The summed E-state index contributed by atoms with van der Waals surface area (Å²) in [6.45, 7) is 0. The standard InChI is InChI=1S/C12H15ClN2O2.ClH/c13-11-4-3-10(17-11)12(16)15-9-5-7-1-2-8(6-9)14-7;/h3-4,7-9,14H,1-2,5-6H2,(H,15,16);1H. The van der Waals surface area contributed by atoms with E-state index in [2.05, 4.69) is 10.6 Å². The van der Waals surface area contributed by atoms with Crippen molar-refractivity contribution in [2.75, 3.05) is 0 Å². The van der Waals surface area contributed by atoms with Gasteiger partial charge in [-0.2, -0.15) is 0 Å². The molecule has 1 aromatic rings. The van der Waals surface area contributed by atoms with E-state index in [4.69, 9.17) is 16.0 Å². The summed E-state index contributed by atoms with van der Waals surface area (Å²) in [7, 11) is 0. The van der Waals surface area contributed by atoms with Gasteiger partial charge in [-0.1, -0.05) is 0 Å². The molecule has 100 valence electrons. The highest BCUT2D eigenvalue weighted by Crippen LogP contribution is 2.27. The Morgan fingerprint density at radius 3 is 2.56 bits per heavy atom. The van der Waals surface area contributed by atoms with Gasteiger partial charge in [0.15, 0.2) is 11.0 Å². The Hall–Kier alpha value is -0.710. The average Bonchev–Trinajstić information content (AvgIpc) is 2.85. The van der Waals surface area contributed by atoms with Gasteiger partial charge in [-0.3, -0.25) is 4.79 Å². The van der Waals surface area contributed by atoms with Crippen LogP contribution in [0.2, 0.25) is 5.22 Å². The van der Waals surface area contributed by atoms with Crippen LogP contribution >= 0.6 is 24.0 Å². The summed E-state index contributed by atoms with van der Waals surface area (Å²) in [5, 5.41) is 6.81. The molecular formula is C12H16Cl2N2O2. The topological polar surface area (TPSA) is 54.3 Å². The molecule has 2 bridgehead atoms. The van der Waals surface area contributed by atoms with Crippen LogP contribution in [0.1, 0.15) is 36.2 Å². The second kappa shape index (κ2) is 5.51. The predicted octanol–water partition coefficient (Wildman–Crippen LogP) is 2.37. The Kier molecular flexibility index (Phi) is 4.20. The van der Waals surface area contributed by atoms with Gasteiger partial charge in [-0.25, -0.2) is 0 Å². The molecule has 2 aliphatic rings. The first-order valence-corrected chi connectivity index (χ1v) is 6.41. The van der Waals surface area contributed by atoms with E-state index in [9.17, 15) is 4.79 Å². The number of carbonyl (C=O) groups is 1. The molecule has 0 saturated carbocycles. The maximum absolute atomic E-state index is 11.9.